The molecular weight excluding hydrogens is 341 g/mol. The minimum atomic E-state index is -4.85. The Labute approximate surface area is 120 Å². The molecular formula is C12H8BrF3N2O2. The first-order valence-electron chi connectivity index (χ1n) is 5.55. The number of nitrogens with zero attached hydrogens (tertiary/aromatic N) is 2. The highest BCUT2D eigenvalue weighted by atomic mass is 79.9. The smallest absolute Gasteiger partial charge is 0.404 e. The van der Waals surface area contributed by atoms with Crippen molar-refractivity contribution in [3.8, 4) is 11.8 Å². The fourth-order valence-electron chi connectivity index (χ4n) is 1.94. The molecule has 1 aromatic carbocycles. The molecule has 1 fully saturated rings. The van der Waals surface area contributed by atoms with E-state index in [4.69, 9.17) is 5.26 Å². The third-order valence-corrected chi connectivity index (χ3v) is 3.24. The van der Waals surface area contributed by atoms with E-state index in [9.17, 15) is 18.0 Å². The molecule has 2 rings (SSSR count). The minimum Gasteiger partial charge on any atom is -0.404 e. The highest BCUT2D eigenvalue weighted by Crippen LogP contribution is 2.37. The lowest BCUT2D eigenvalue weighted by atomic mass is 10.1. The normalized spacial score (nSPS) is 19.1. The average molecular weight is 349 g/mol. The van der Waals surface area contributed by atoms with Gasteiger partial charge in [-0.05, 0) is 18.2 Å². The first kappa shape index (κ1) is 14.7. The van der Waals surface area contributed by atoms with Crippen LogP contribution in [0.25, 0.3) is 0 Å². The summed E-state index contributed by atoms with van der Waals surface area (Å²) in [4.78, 5) is 12.9. The van der Waals surface area contributed by atoms with Crippen molar-refractivity contribution in [1.82, 2.24) is 0 Å². The van der Waals surface area contributed by atoms with E-state index < -0.39 is 23.9 Å². The monoisotopic (exact) mass is 348 g/mol. The Hall–Kier alpha value is -1.75. The maximum atomic E-state index is 12.4. The maximum Gasteiger partial charge on any atom is 0.573 e. The lowest BCUT2D eigenvalue weighted by Gasteiger charge is -2.20. The Bertz CT molecular complexity index is 583. The van der Waals surface area contributed by atoms with E-state index in [1.807, 2.05) is 6.07 Å². The van der Waals surface area contributed by atoms with Crippen LogP contribution in [0.2, 0.25) is 0 Å². The van der Waals surface area contributed by atoms with Crippen molar-refractivity contribution >= 4 is 27.5 Å². The van der Waals surface area contributed by atoms with Gasteiger partial charge in [-0.25, -0.2) is 0 Å². The van der Waals surface area contributed by atoms with Gasteiger partial charge in [-0.3, -0.25) is 4.79 Å². The number of anilines is 1. The van der Waals surface area contributed by atoms with Crippen LogP contribution in [-0.4, -0.2) is 18.8 Å². The van der Waals surface area contributed by atoms with Crippen LogP contribution in [0.4, 0.5) is 18.9 Å². The second-order valence-electron chi connectivity index (χ2n) is 4.19. The summed E-state index contributed by atoms with van der Waals surface area (Å²) in [6.07, 6.45) is -4.86. The van der Waals surface area contributed by atoms with Gasteiger partial charge >= 0.3 is 6.36 Å². The molecule has 0 bridgehead atoms. The lowest BCUT2D eigenvalue weighted by molar-refractivity contribution is -0.274. The fraction of sp³-hybridized carbons (Fsp3) is 0.333. The molecule has 106 valence electrons. The third kappa shape index (κ3) is 3.22. The van der Waals surface area contributed by atoms with Gasteiger partial charge in [-0.1, -0.05) is 15.9 Å². The zero-order valence-electron chi connectivity index (χ0n) is 9.95. The van der Waals surface area contributed by atoms with Crippen LogP contribution in [0.3, 0.4) is 0 Å². The number of benzene rings is 1. The molecule has 0 aromatic heterocycles. The largest absolute Gasteiger partial charge is 0.573 e. The summed E-state index contributed by atoms with van der Waals surface area (Å²) in [6, 6.07) is 5.93. The highest BCUT2D eigenvalue weighted by Gasteiger charge is 2.36. The Morgan fingerprint density at radius 2 is 2.15 bits per heavy atom. The Balaban J connectivity index is 2.37. The van der Waals surface area contributed by atoms with Crippen molar-refractivity contribution in [2.24, 2.45) is 5.92 Å². The number of hydrogen-bond acceptors (Lipinski definition) is 3. The second kappa shape index (κ2) is 5.32. The van der Waals surface area contributed by atoms with Gasteiger partial charge in [0.2, 0.25) is 5.91 Å². The zero-order chi connectivity index (χ0) is 14.9. The van der Waals surface area contributed by atoms with E-state index in [1.54, 1.807) is 0 Å². The highest BCUT2D eigenvalue weighted by molar-refractivity contribution is 9.10. The molecule has 0 radical (unpaired) electrons. The zero-order valence-corrected chi connectivity index (χ0v) is 11.5. The summed E-state index contributed by atoms with van der Waals surface area (Å²) >= 11 is 3.05. The van der Waals surface area contributed by atoms with Crippen molar-refractivity contribution in [3.63, 3.8) is 0 Å². The summed E-state index contributed by atoms with van der Waals surface area (Å²) in [5.74, 6) is -1.39. The maximum absolute atomic E-state index is 12.4. The van der Waals surface area contributed by atoms with Gasteiger partial charge in [0.1, 0.15) is 0 Å². The summed E-state index contributed by atoms with van der Waals surface area (Å²) in [7, 11) is 0. The number of ether oxygens (including phenoxy) is 1. The molecule has 1 heterocycles. The summed E-state index contributed by atoms with van der Waals surface area (Å²) in [5.41, 5.74) is 0.00766. The van der Waals surface area contributed by atoms with E-state index in [-0.39, 0.29) is 18.7 Å². The number of nitriles is 1. The van der Waals surface area contributed by atoms with Crippen LogP contribution < -0.4 is 9.64 Å². The van der Waals surface area contributed by atoms with Gasteiger partial charge in [0.25, 0.3) is 0 Å². The molecule has 1 aliphatic rings. The number of hydrogen-bond donors (Lipinski definition) is 0. The first-order valence-corrected chi connectivity index (χ1v) is 6.35. The number of carbonyl (C=O) groups excluding carboxylic acids is 1. The van der Waals surface area contributed by atoms with Crippen molar-refractivity contribution in [2.75, 3.05) is 11.4 Å². The predicted molar refractivity (Wildman–Crippen MR) is 66.9 cm³/mol. The molecule has 1 aromatic rings. The van der Waals surface area contributed by atoms with Gasteiger partial charge in [-0.2, -0.15) is 5.26 Å². The SMILES string of the molecule is N#CC1CC(=O)N(c2ccc(Br)cc2OC(F)(F)F)C1. The van der Waals surface area contributed by atoms with E-state index in [0.29, 0.717) is 4.47 Å². The molecule has 1 aliphatic heterocycles. The van der Waals surface area contributed by atoms with Crippen LogP contribution in [0.1, 0.15) is 6.42 Å². The minimum absolute atomic E-state index is 0.00196. The Morgan fingerprint density at radius 1 is 1.45 bits per heavy atom. The number of carbonyl (C=O) groups is 1. The van der Waals surface area contributed by atoms with Gasteiger partial charge < -0.3 is 9.64 Å². The van der Waals surface area contributed by atoms with E-state index in [2.05, 4.69) is 20.7 Å². The van der Waals surface area contributed by atoms with E-state index >= 15 is 0 Å². The van der Waals surface area contributed by atoms with Crippen LogP contribution in [0.5, 0.6) is 5.75 Å². The van der Waals surface area contributed by atoms with Gasteiger partial charge in [-0.15, -0.1) is 13.2 Å². The summed E-state index contributed by atoms with van der Waals surface area (Å²) in [6.45, 7) is 0.0607. The Morgan fingerprint density at radius 3 is 2.70 bits per heavy atom. The molecule has 1 amide bonds. The van der Waals surface area contributed by atoms with Gasteiger partial charge in [0.05, 0.1) is 17.7 Å². The van der Waals surface area contributed by atoms with Crippen molar-refractivity contribution in [3.05, 3.63) is 22.7 Å². The van der Waals surface area contributed by atoms with Crippen LogP contribution in [0, 0.1) is 17.2 Å². The molecule has 0 saturated carbocycles. The second-order valence-corrected chi connectivity index (χ2v) is 5.11. The number of rotatable bonds is 2. The molecule has 1 unspecified atom stereocenters. The van der Waals surface area contributed by atoms with Crippen LogP contribution >= 0.6 is 15.9 Å². The first-order chi connectivity index (χ1) is 9.30. The lowest BCUT2D eigenvalue weighted by Crippen LogP contribution is -2.26. The molecule has 20 heavy (non-hydrogen) atoms. The molecule has 8 heteroatoms. The summed E-state index contributed by atoms with van der Waals surface area (Å²) < 4.78 is 41.5. The number of halogens is 4. The summed E-state index contributed by atoms with van der Waals surface area (Å²) in [5, 5.41) is 8.80. The molecule has 0 spiro atoms. The number of alkyl halides is 3. The molecule has 1 saturated heterocycles. The number of amides is 1. The van der Waals surface area contributed by atoms with Crippen LogP contribution in [-0.2, 0) is 4.79 Å². The molecule has 1 atom stereocenters. The van der Waals surface area contributed by atoms with Crippen molar-refractivity contribution in [1.29, 1.82) is 5.26 Å². The van der Waals surface area contributed by atoms with Gasteiger partial charge in [0.15, 0.2) is 5.75 Å². The standard InChI is InChI=1S/C12H8BrF3N2O2/c13-8-1-2-9(10(4-8)20-12(14,15)16)18-6-7(5-17)3-11(18)19/h1-2,4,7H,3,6H2. The van der Waals surface area contributed by atoms with E-state index in [0.717, 1.165) is 11.0 Å². The Kier molecular flexibility index (Phi) is 3.90. The van der Waals surface area contributed by atoms with E-state index in [1.165, 1.54) is 12.1 Å². The fourth-order valence-corrected chi connectivity index (χ4v) is 2.28. The molecule has 0 N–H and O–H groups in total. The third-order valence-electron chi connectivity index (χ3n) is 2.75. The van der Waals surface area contributed by atoms with Crippen molar-refractivity contribution in [2.45, 2.75) is 12.8 Å². The predicted octanol–water partition coefficient (Wildman–Crippen LogP) is 3.22. The quantitative estimate of drug-likeness (QED) is 0.824. The molecule has 0 aliphatic carbocycles. The molecule has 4 nitrogen and oxygen atoms in total. The average Bonchev–Trinajstić information content (AvgIpc) is 2.69. The van der Waals surface area contributed by atoms with Crippen molar-refractivity contribution < 1.29 is 22.7 Å². The topological polar surface area (TPSA) is 53.3 Å². The van der Waals surface area contributed by atoms with Crippen LogP contribution in [0.15, 0.2) is 22.7 Å². The van der Waals surface area contributed by atoms with Gasteiger partial charge in [0, 0.05) is 17.4 Å².